The second kappa shape index (κ2) is 7.69. The number of hydrogen-bond acceptors (Lipinski definition) is 3. The number of benzene rings is 2. The predicted octanol–water partition coefficient (Wildman–Crippen LogP) is 3.76. The smallest absolute Gasteiger partial charge is 0.416 e. The molecule has 0 bridgehead atoms. The van der Waals surface area contributed by atoms with Gasteiger partial charge >= 0.3 is 18.2 Å². The van der Waals surface area contributed by atoms with Crippen molar-refractivity contribution in [3.63, 3.8) is 0 Å². The second-order valence-corrected chi connectivity index (χ2v) is 5.10. The molecule has 2 aromatic rings. The van der Waals surface area contributed by atoms with E-state index in [1.807, 2.05) is 0 Å². The lowest BCUT2D eigenvalue weighted by Gasteiger charge is -2.16. The Morgan fingerprint density at radius 3 is 2.36 bits per heavy atom. The van der Waals surface area contributed by atoms with Gasteiger partial charge in [-0.3, -0.25) is 0 Å². The van der Waals surface area contributed by atoms with Gasteiger partial charge in [0.2, 0.25) is 0 Å². The number of carboxylic acid groups (broad SMARTS) is 1. The van der Waals surface area contributed by atoms with Crippen molar-refractivity contribution in [1.29, 1.82) is 0 Å². The van der Waals surface area contributed by atoms with Gasteiger partial charge < -0.3 is 15.2 Å². The molecule has 25 heavy (non-hydrogen) atoms. The van der Waals surface area contributed by atoms with Crippen molar-refractivity contribution >= 4 is 12.1 Å². The Balaban J connectivity index is 2.08. The summed E-state index contributed by atoms with van der Waals surface area (Å²) in [6, 6.07) is 10.7. The molecule has 1 amide bonds. The van der Waals surface area contributed by atoms with E-state index in [-0.39, 0.29) is 12.2 Å². The van der Waals surface area contributed by atoms with E-state index in [0.29, 0.717) is 11.6 Å². The van der Waals surface area contributed by atoms with Crippen LogP contribution < -0.4 is 5.32 Å². The summed E-state index contributed by atoms with van der Waals surface area (Å²) >= 11 is 0. The zero-order valence-corrected chi connectivity index (χ0v) is 12.8. The maximum absolute atomic E-state index is 12.7. The topological polar surface area (TPSA) is 75.6 Å². The maximum atomic E-state index is 12.7. The third-order valence-corrected chi connectivity index (χ3v) is 3.27. The molecule has 2 aromatic carbocycles. The molecule has 0 unspecified atom stereocenters. The van der Waals surface area contributed by atoms with Gasteiger partial charge in [-0.1, -0.05) is 42.5 Å². The zero-order valence-electron chi connectivity index (χ0n) is 12.8. The lowest BCUT2D eigenvalue weighted by Crippen LogP contribution is -2.34. The van der Waals surface area contributed by atoms with E-state index < -0.39 is 29.8 Å². The summed E-state index contributed by atoms with van der Waals surface area (Å²) in [7, 11) is 0. The first-order chi connectivity index (χ1) is 11.8. The molecule has 0 heterocycles. The minimum Gasteiger partial charge on any atom is -0.479 e. The van der Waals surface area contributed by atoms with E-state index in [9.17, 15) is 27.9 Å². The van der Waals surface area contributed by atoms with Crippen LogP contribution in [0.5, 0.6) is 0 Å². The largest absolute Gasteiger partial charge is 0.479 e. The van der Waals surface area contributed by atoms with Crippen molar-refractivity contribution in [3.8, 4) is 0 Å². The molecule has 0 saturated carbocycles. The number of carbonyl (C=O) groups is 2. The van der Waals surface area contributed by atoms with Crippen LogP contribution in [0, 0.1) is 0 Å². The van der Waals surface area contributed by atoms with Gasteiger partial charge in [-0.25, -0.2) is 9.59 Å². The number of aliphatic carboxylic acids is 1. The fourth-order valence-electron chi connectivity index (χ4n) is 2.06. The average molecular weight is 353 g/mol. The molecule has 2 N–H and O–H groups in total. The Kier molecular flexibility index (Phi) is 5.63. The van der Waals surface area contributed by atoms with Crippen LogP contribution >= 0.6 is 0 Å². The van der Waals surface area contributed by atoms with Crippen molar-refractivity contribution in [1.82, 2.24) is 5.32 Å². The molecule has 8 heteroatoms. The monoisotopic (exact) mass is 353 g/mol. The number of carboxylic acids is 1. The van der Waals surface area contributed by atoms with Crippen molar-refractivity contribution in [2.24, 2.45) is 0 Å². The minimum atomic E-state index is -4.62. The number of alkyl carbamates (subject to hydrolysis) is 1. The third-order valence-electron chi connectivity index (χ3n) is 3.27. The highest BCUT2D eigenvalue weighted by molar-refractivity contribution is 5.81. The summed E-state index contributed by atoms with van der Waals surface area (Å²) in [6.45, 7) is -0.0956. The predicted molar refractivity (Wildman–Crippen MR) is 81.6 cm³/mol. The quantitative estimate of drug-likeness (QED) is 0.858. The molecule has 0 aliphatic rings. The van der Waals surface area contributed by atoms with Crippen LogP contribution in [0.4, 0.5) is 18.0 Å². The molecule has 2 rings (SSSR count). The standard InChI is InChI=1S/C17H14F3NO4/c18-17(19,20)13-8-4-7-12(9-13)14(15(22)23)21-16(24)25-10-11-5-2-1-3-6-11/h1-9,14H,10H2,(H,21,24)(H,22,23)/t14-/m1/s1. The summed E-state index contributed by atoms with van der Waals surface area (Å²) in [6.07, 6.45) is -5.67. The molecular formula is C17H14F3NO4. The van der Waals surface area contributed by atoms with Crippen LogP contribution in [0.15, 0.2) is 54.6 Å². The van der Waals surface area contributed by atoms with E-state index >= 15 is 0 Å². The van der Waals surface area contributed by atoms with Gasteiger partial charge in [0.1, 0.15) is 6.61 Å². The Bertz CT molecular complexity index is 747. The van der Waals surface area contributed by atoms with Crippen LogP contribution in [0.25, 0.3) is 0 Å². The number of nitrogens with one attached hydrogen (secondary N) is 1. The molecule has 0 radical (unpaired) electrons. The Hall–Kier alpha value is -3.03. The van der Waals surface area contributed by atoms with Crippen molar-refractivity contribution in [2.75, 3.05) is 0 Å². The van der Waals surface area contributed by atoms with E-state index in [1.54, 1.807) is 30.3 Å². The lowest BCUT2D eigenvalue weighted by atomic mass is 10.0. The molecule has 0 fully saturated rings. The molecule has 0 saturated heterocycles. The fraction of sp³-hybridized carbons (Fsp3) is 0.176. The average Bonchev–Trinajstić information content (AvgIpc) is 2.58. The van der Waals surface area contributed by atoms with Crippen molar-refractivity contribution < 1.29 is 32.6 Å². The summed E-state index contributed by atoms with van der Waals surface area (Å²) < 4.78 is 43.1. The number of rotatable bonds is 5. The summed E-state index contributed by atoms with van der Waals surface area (Å²) in [5.74, 6) is -1.50. The number of amides is 1. The minimum absolute atomic E-state index is 0.0956. The molecule has 0 aliphatic heterocycles. The number of ether oxygens (including phenoxy) is 1. The molecule has 132 valence electrons. The van der Waals surface area contributed by atoms with E-state index in [2.05, 4.69) is 5.32 Å². The van der Waals surface area contributed by atoms with Gasteiger partial charge in [0, 0.05) is 0 Å². The van der Waals surface area contributed by atoms with Crippen LogP contribution in [0.3, 0.4) is 0 Å². The molecular weight excluding hydrogens is 339 g/mol. The van der Waals surface area contributed by atoms with Gasteiger partial charge in [0.05, 0.1) is 5.56 Å². The van der Waals surface area contributed by atoms with Gasteiger partial charge in [-0.05, 0) is 23.3 Å². The van der Waals surface area contributed by atoms with Crippen molar-refractivity contribution in [3.05, 3.63) is 71.3 Å². The maximum Gasteiger partial charge on any atom is 0.416 e. The van der Waals surface area contributed by atoms with Gasteiger partial charge in [-0.15, -0.1) is 0 Å². The zero-order chi connectivity index (χ0) is 18.4. The second-order valence-electron chi connectivity index (χ2n) is 5.10. The summed E-state index contributed by atoms with van der Waals surface area (Å²) in [5.41, 5.74) is -0.529. The van der Waals surface area contributed by atoms with Gasteiger partial charge in [0.15, 0.2) is 6.04 Å². The number of halogens is 3. The van der Waals surface area contributed by atoms with Crippen LogP contribution in [-0.4, -0.2) is 17.2 Å². The normalized spacial score (nSPS) is 12.3. The highest BCUT2D eigenvalue weighted by Gasteiger charge is 2.32. The SMILES string of the molecule is O=C(N[C@@H](C(=O)O)c1cccc(C(F)(F)F)c1)OCc1ccccc1. The summed E-state index contributed by atoms with van der Waals surface area (Å²) in [4.78, 5) is 23.1. The van der Waals surface area contributed by atoms with Gasteiger partial charge in [0.25, 0.3) is 0 Å². The highest BCUT2D eigenvalue weighted by Crippen LogP contribution is 2.30. The van der Waals surface area contributed by atoms with Crippen molar-refractivity contribution in [2.45, 2.75) is 18.8 Å². The third kappa shape index (κ3) is 5.23. The Morgan fingerprint density at radius 2 is 1.76 bits per heavy atom. The van der Waals surface area contributed by atoms with Crippen LogP contribution in [0.2, 0.25) is 0 Å². The fourth-order valence-corrected chi connectivity index (χ4v) is 2.06. The molecule has 0 aromatic heterocycles. The first kappa shape index (κ1) is 18.3. The highest BCUT2D eigenvalue weighted by atomic mass is 19.4. The molecule has 1 atom stereocenters. The Labute approximate surface area is 141 Å². The van der Waals surface area contributed by atoms with E-state index in [4.69, 9.17) is 4.74 Å². The first-order valence-electron chi connectivity index (χ1n) is 7.14. The lowest BCUT2D eigenvalue weighted by molar-refractivity contribution is -0.140. The number of hydrogen-bond donors (Lipinski definition) is 2. The number of carbonyl (C=O) groups excluding carboxylic acids is 1. The Morgan fingerprint density at radius 1 is 1.08 bits per heavy atom. The molecule has 5 nitrogen and oxygen atoms in total. The van der Waals surface area contributed by atoms with Crippen LogP contribution in [-0.2, 0) is 22.3 Å². The van der Waals surface area contributed by atoms with E-state index in [1.165, 1.54) is 6.07 Å². The van der Waals surface area contributed by atoms with E-state index in [0.717, 1.165) is 12.1 Å². The molecule has 0 spiro atoms. The molecule has 0 aliphatic carbocycles. The number of alkyl halides is 3. The summed E-state index contributed by atoms with van der Waals surface area (Å²) in [5, 5.41) is 11.3. The van der Waals surface area contributed by atoms with Gasteiger partial charge in [-0.2, -0.15) is 13.2 Å². The van der Waals surface area contributed by atoms with Crippen LogP contribution in [0.1, 0.15) is 22.7 Å². The first-order valence-corrected chi connectivity index (χ1v) is 7.14.